The second kappa shape index (κ2) is 5.70. The number of benzene rings is 2. The molecular formula is C18H20ClNO. The van der Waals surface area contributed by atoms with Crippen LogP contribution in [0.1, 0.15) is 28.2 Å². The Balaban J connectivity index is 2.11. The van der Waals surface area contributed by atoms with Gasteiger partial charge in [0.15, 0.2) is 0 Å². The highest BCUT2D eigenvalue weighted by molar-refractivity contribution is 6.32. The lowest BCUT2D eigenvalue weighted by atomic mass is 9.87. The molecule has 2 nitrogen and oxygen atoms in total. The molecular weight excluding hydrogens is 282 g/mol. The molecule has 0 saturated heterocycles. The Kier molecular flexibility index (Phi) is 3.92. The number of phenolic OH excluding ortho intramolecular Hbond substituents is 1. The van der Waals surface area contributed by atoms with Crippen molar-refractivity contribution >= 4 is 11.6 Å². The molecule has 0 saturated carbocycles. The second-order valence-corrected chi connectivity index (χ2v) is 6.39. The summed E-state index contributed by atoms with van der Waals surface area (Å²) in [5.74, 6) is 0.452. The highest BCUT2D eigenvalue weighted by Crippen LogP contribution is 2.36. The van der Waals surface area contributed by atoms with Crippen LogP contribution in [-0.4, -0.2) is 30.1 Å². The van der Waals surface area contributed by atoms with E-state index in [0.717, 1.165) is 19.5 Å². The van der Waals surface area contributed by atoms with Gasteiger partial charge in [-0.3, -0.25) is 0 Å². The minimum absolute atomic E-state index is 0.178. The average Bonchev–Trinajstić information content (AvgIpc) is 2.61. The number of phenols is 1. The molecule has 3 rings (SSSR count). The lowest BCUT2D eigenvalue weighted by Gasteiger charge is -2.22. The zero-order chi connectivity index (χ0) is 15.0. The number of hydrogen-bond acceptors (Lipinski definition) is 2. The molecule has 110 valence electrons. The third-order valence-electron chi connectivity index (χ3n) is 4.32. The molecule has 1 N–H and O–H groups in total. The number of halogens is 1. The first-order valence-electron chi connectivity index (χ1n) is 7.31. The van der Waals surface area contributed by atoms with E-state index in [-0.39, 0.29) is 11.7 Å². The third kappa shape index (κ3) is 2.92. The topological polar surface area (TPSA) is 23.5 Å². The second-order valence-electron chi connectivity index (χ2n) is 5.98. The van der Waals surface area contributed by atoms with Gasteiger partial charge in [0.25, 0.3) is 0 Å². The van der Waals surface area contributed by atoms with Gasteiger partial charge in [-0.05, 0) is 49.2 Å². The summed E-state index contributed by atoms with van der Waals surface area (Å²) in [5, 5.41) is 10.4. The van der Waals surface area contributed by atoms with Gasteiger partial charge in [-0.2, -0.15) is 0 Å². The fraction of sp³-hybridized carbons (Fsp3) is 0.333. The molecule has 3 heteroatoms. The third-order valence-corrected chi connectivity index (χ3v) is 4.62. The maximum absolute atomic E-state index is 10.00. The number of aryl methyl sites for hydroxylation is 1. The van der Waals surface area contributed by atoms with E-state index in [0.29, 0.717) is 5.02 Å². The molecule has 0 unspecified atom stereocenters. The van der Waals surface area contributed by atoms with Crippen molar-refractivity contribution < 1.29 is 5.11 Å². The summed E-state index contributed by atoms with van der Waals surface area (Å²) in [5.41, 5.74) is 5.00. The maximum atomic E-state index is 10.00. The number of rotatable bonds is 1. The molecule has 0 fully saturated rings. The van der Waals surface area contributed by atoms with E-state index in [1.54, 1.807) is 0 Å². The van der Waals surface area contributed by atoms with Crippen molar-refractivity contribution in [2.24, 2.45) is 0 Å². The Hall–Kier alpha value is -1.51. The van der Waals surface area contributed by atoms with Crippen LogP contribution in [0, 0.1) is 6.92 Å². The molecule has 1 aliphatic heterocycles. The number of fused-ring (bicyclic) bond motifs is 1. The summed E-state index contributed by atoms with van der Waals surface area (Å²) in [6.07, 6.45) is 0.966. The number of nitrogens with zero attached hydrogens (tertiary/aromatic N) is 1. The molecule has 0 spiro atoms. The number of aromatic hydroxyl groups is 1. The quantitative estimate of drug-likeness (QED) is 0.861. The molecule has 1 atom stereocenters. The summed E-state index contributed by atoms with van der Waals surface area (Å²) >= 11 is 6.09. The lowest BCUT2D eigenvalue weighted by molar-refractivity contribution is 0.338. The van der Waals surface area contributed by atoms with E-state index >= 15 is 0 Å². The lowest BCUT2D eigenvalue weighted by Crippen LogP contribution is -2.24. The molecule has 2 aromatic rings. The summed E-state index contributed by atoms with van der Waals surface area (Å²) < 4.78 is 0. The number of likely N-dealkylation sites (N-methyl/N-ethyl adjacent to an activating group) is 1. The molecule has 1 heterocycles. The predicted octanol–water partition coefficient (Wildman–Crippen LogP) is 3.97. The minimum atomic E-state index is 0.178. The summed E-state index contributed by atoms with van der Waals surface area (Å²) in [4.78, 5) is 2.34. The normalized spacial score (nSPS) is 19.1. The van der Waals surface area contributed by atoms with E-state index in [1.165, 1.54) is 22.3 Å². The Labute approximate surface area is 131 Å². The van der Waals surface area contributed by atoms with Gasteiger partial charge in [-0.1, -0.05) is 41.4 Å². The molecule has 0 bridgehead atoms. The standard InChI is InChI=1S/C18H20ClNO/c1-12-3-5-13(6-4-12)16-11-20(2)8-7-14-9-17(19)18(21)10-15(14)16/h3-6,9-10,16,21H,7-8,11H2,1-2H3/t16-/m1/s1. The van der Waals surface area contributed by atoms with Crippen molar-refractivity contribution in [3.05, 3.63) is 63.7 Å². The Morgan fingerprint density at radius 3 is 2.62 bits per heavy atom. The maximum Gasteiger partial charge on any atom is 0.134 e. The van der Waals surface area contributed by atoms with E-state index in [4.69, 9.17) is 11.6 Å². The summed E-state index contributed by atoms with van der Waals surface area (Å²) in [6, 6.07) is 12.4. The summed E-state index contributed by atoms with van der Waals surface area (Å²) in [7, 11) is 2.15. The first kappa shape index (κ1) is 14.4. The molecule has 21 heavy (non-hydrogen) atoms. The molecule has 0 aromatic heterocycles. The average molecular weight is 302 g/mol. The Bertz CT molecular complexity index is 651. The monoisotopic (exact) mass is 301 g/mol. The van der Waals surface area contributed by atoms with Crippen molar-refractivity contribution in [3.8, 4) is 5.75 Å². The number of hydrogen-bond donors (Lipinski definition) is 1. The molecule has 0 radical (unpaired) electrons. The van der Waals surface area contributed by atoms with Crippen LogP contribution in [0.5, 0.6) is 5.75 Å². The van der Waals surface area contributed by atoms with Gasteiger partial charge >= 0.3 is 0 Å². The smallest absolute Gasteiger partial charge is 0.134 e. The summed E-state index contributed by atoms with van der Waals surface area (Å²) in [6.45, 7) is 4.07. The predicted molar refractivity (Wildman–Crippen MR) is 87.3 cm³/mol. The van der Waals surface area contributed by atoms with Crippen LogP contribution in [0.4, 0.5) is 0 Å². The van der Waals surface area contributed by atoms with Gasteiger partial charge in [0.2, 0.25) is 0 Å². The Morgan fingerprint density at radius 1 is 1.19 bits per heavy atom. The van der Waals surface area contributed by atoms with Crippen molar-refractivity contribution in [1.82, 2.24) is 4.90 Å². The fourth-order valence-corrected chi connectivity index (χ4v) is 3.24. The van der Waals surface area contributed by atoms with Crippen LogP contribution in [0.25, 0.3) is 0 Å². The van der Waals surface area contributed by atoms with Gasteiger partial charge in [0, 0.05) is 19.0 Å². The van der Waals surface area contributed by atoms with Crippen molar-refractivity contribution in [3.63, 3.8) is 0 Å². The highest BCUT2D eigenvalue weighted by atomic mass is 35.5. The first-order valence-corrected chi connectivity index (χ1v) is 7.69. The SMILES string of the molecule is Cc1ccc([C@H]2CN(C)CCc3cc(Cl)c(O)cc32)cc1. The van der Waals surface area contributed by atoms with E-state index in [9.17, 15) is 5.11 Å². The van der Waals surface area contributed by atoms with Gasteiger partial charge in [-0.15, -0.1) is 0 Å². The van der Waals surface area contributed by atoms with Crippen molar-refractivity contribution in [1.29, 1.82) is 0 Å². The van der Waals surface area contributed by atoms with Crippen molar-refractivity contribution in [2.45, 2.75) is 19.3 Å². The van der Waals surface area contributed by atoms with Gasteiger partial charge in [0.1, 0.15) is 5.75 Å². The van der Waals surface area contributed by atoms with E-state index in [1.807, 2.05) is 12.1 Å². The molecule has 2 aromatic carbocycles. The fourth-order valence-electron chi connectivity index (χ4n) is 3.06. The molecule has 1 aliphatic rings. The zero-order valence-corrected chi connectivity index (χ0v) is 13.2. The van der Waals surface area contributed by atoms with Gasteiger partial charge < -0.3 is 10.0 Å². The van der Waals surface area contributed by atoms with Crippen LogP contribution in [0.3, 0.4) is 0 Å². The van der Waals surface area contributed by atoms with Crippen LogP contribution in [0.15, 0.2) is 36.4 Å². The van der Waals surface area contributed by atoms with E-state index < -0.39 is 0 Å². The highest BCUT2D eigenvalue weighted by Gasteiger charge is 2.24. The van der Waals surface area contributed by atoms with Gasteiger partial charge in [-0.25, -0.2) is 0 Å². The zero-order valence-electron chi connectivity index (χ0n) is 12.4. The molecule has 0 aliphatic carbocycles. The van der Waals surface area contributed by atoms with Crippen LogP contribution in [-0.2, 0) is 6.42 Å². The minimum Gasteiger partial charge on any atom is -0.506 e. The van der Waals surface area contributed by atoms with Crippen LogP contribution in [0.2, 0.25) is 5.02 Å². The largest absolute Gasteiger partial charge is 0.506 e. The Morgan fingerprint density at radius 2 is 1.90 bits per heavy atom. The first-order chi connectivity index (χ1) is 10.0. The molecule has 0 amide bonds. The van der Waals surface area contributed by atoms with Crippen molar-refractivity contribution in [2.75, 3.05) is 20.1 Å². The van der Waals surface area contributed by atoms with Crippen LogP contribution < -0.4 is 0 Å². The van der Waals surface area contributed by atoms with Gasteiger partial charge in [0.05, 0.1) is 5.02 Å². The van der Waals surface area contributed by atoms with E-state index in [2.05, 4.69) is 43.1 Å². The van der Waals surface area contributed by atoms with Crippen LogP contribution >= 0.6 is 11.6 Å².